The minimum absolute atomic E-state index is 0.0321. The van der Waals surface area contributed by atoms with Crippen LogP contribution in [0, 0.1) is 11.3 Å². The lowest BCUT2D eigenvalue weighted by atomic mass is 9.76. The number of hydrogen-bond donors (Lipinski definition) is 1. The minimum Gasteiger partial charge on any atom is -0.507 e. The zero-order valence-electron chi connectivity index (χ0n) is 15.6. The van der Waals surface area contributed by atoms with Gasteiger partial charge in [0.15, 0.2) is 0 Å². The molecule has 0 fully saturated rings. The molecule has 0 saturated carbocycles. The molecule has 0 amide bonds. The van der Waals surface area contributed by atoms with Crippen LogP contribution in [0.1, 0.15) is 39.8 Å². The summed E-state index contributed by atoms with van der Waals surface area (Å²) in [6.07, 6.45) is 8.94. The van der Waals surface area contributed by atoms with Crippen molar-refractivity contribution in [2.75, 3.05) is 0 Å². The minimum atomic E-state index is -0.197. The van der Waals surface area contributed by atoms with E-state index in [0.29, 0.717) is 0 Å². The number of benzene rings is 1. The Kier molecular flexibility index (Phi) is 5.26. The first kappa shape index (κ1) is 18.3. The van der Waals surface area contributed by atoms with E-state index in [1.54, 1.807) is 30.7 Å². The van der Waals surface area contributed by atoms with Crippen molar-refractivity contribution >= 4 is 0 Å². The zero-order chi connectivity index (χ0) is 20.1. The van der Waals surface area contributed by atoms with Crippen molar-refractivity contribution in [3.05, 3.63) is 120 Å². The van der Waals surface area contributed by atoms with Gasteiger partial charge in [-0.05, 0) is 53.1 Å². The van der Waals surface area contributed by atoms with E-state index in [2.05, 4.69) is 21.0 Å². The molecular weight excluding hydrogens is 360 g/mol. The normalized spacial score (nSPS) is 11.7. The third kappa shape index (κ3) is 3.83. The number of phenols is 1. The molecule has 5 nitrogen and oxygen atoms in total. The van der Waals surface area contributed by atoms with Gasteiger partial charge in [-0.3, -0.25) is 15.0 Å². The van der Waals surface area contributed by atoms with Gasteiger partial charge < -0.3 is 5.11 Å². The fourth-order valence-electron chi connectivity index (χ4n) is 3.63. The number of hydrogen-bond acceptors (Lipinski definition) is 5. The molecule has 1 atom stereocenters. The summed E-state index contributed by atoms with van der Waals surface area (Å²) < 4.78 is 0. The molecule has 3 aromatic heterocycles. The molecule has 0 saturated heterocycles. The van der Waals surface area contributed by atoms with Gasteiger partial charge in [-0.2, -0.15) is 5.26 Å². The van der Waals surface area contributed by atoms with Crippen LogP contribution in [0.15, 0.2) is 91.6 Å². The zero-order valence-corrected chi connectivity index (χ0v) is 15.6. The maximum absolute atomic E-state index is 10.0. The van der Waals surface area contributed by atoms with Crippen LogP contribution < -0.4 is 0 Å². The monoisotopic (exact) mass is 378 g/mol. The summed E-state index contributed by atoms with van der Waals surface area (Å²) in [6.45, 7) is 0. The number of nitrogens with zero attached hydrogens (tertiary/aromatic N) is 4. The first-order valence-electron chi connectivity index (χ1n) is 9.21. The average molecular weight is 378 g/mol. The van der Waals surface area contributed by atoms with Crippen LogP contribution in [-0.4, -0.2) is 20.1 Å². The van der Waals surface area contributed by atoms with E-state index in [-0.39, 0.29) is 23.1 Å². The van der Waals surface area contributed by atoms with Crippen LogP contribution in [-0.2, 0) is 0 Å². The lowest BCUT2D eigenvalue weighted by molar-refractivity contribution is 0.473. The maximum atomic E-state index is 10.0. The molecule has 4 aromatic rings. The van der Waals surface area contributed by atoms with Gasteiger partial charge in [0.2, 0.25) is 0 Å². The van der Waals surface area contributed by atoms with Crippen molar-refractivity contribution in [1.82, 2.24) is 15.0 Å². The molecule has 0 radical (unpaired) electrons. The molecule has 3 heterocycles. The molecule has 0 spiro atoms. The van der Waals surface area contributed by atoms with Gasteiger partial charge in [0, 0.05) is 48.5 Å². The summed E-state index contributed by atoms with van der Waals surface area (Å²) >= 11 is 0. The molecular formula is C24H18N4O. The van der Waals surface area contributed by atoms with Crippen molar-refractivity contribution < 1.29 is 5.11 Å². The van der Waals surface area contributed by atoms with Crippen molar-refractivity contribution in [2.45, 2.75) is 11.8 Å². The van der Waals surface area contributed by atoms with Crippen LogP contribution in [0.4, 0.5) is 0 Å². The lowest BCUT2D eigenvalue weighted by Gasteiger charge is -2.28. The van der Waals surface area contributed by atoms with Gasteiger partial charge in [0.05, 0.1) is 5.56 Å². The molecule has 140 valence electrons. The summed E-state index contributed by atoms with van der Waals surface area (Å²) in [5.41, 5.74) is 4.01. The number of aromatic hydroxyl groups is 1. The highest BCUT2D eigenvalue weighted by atomic mass is 16.3. The maximum Gasteiger partial charge on any atom is 0.133 e. The summed E-state index contributed by atoms with van der Waals surface area (Å²) in [6, 6.07) is 20.9. The summed E-state index contributed by atoms with van der Waals surface area (Å²) in [5, 5.41) is 19.4. The Balaban J connectivity index is 1.96. The van der Waals surface area contributed by atoms with Crippen molar-refractivity contribution in [3.63, 3.8) is 0 Å². The molecule has 1 aromatic carbocycles. The molecule has 0 aliphatic rings. The Labute approximate surface area is 169 Å². The van der Waals surface area contributed by atoms with Gasteiger partial charge in [-0.25, -0.2) is 0 Å². The van der Waals surface area contributed by atoms with E-state index < -0.39 is 0 Å². The van der Waals surface area contributed by atoms with Gasteiger partial charge in [0.25, 0.3) is 0 Å². The Morgan fingerprint density at radius 1 is 0.759 bits per heavy atom. The second-order valence-electron chi connectivity index (χ2n) is 6.67. The van der Waals surface area contributed by atoms with Crippen LogP contribution in [0.2, 0.25) is 0 Å². The highest BCUT2D eigenvalue weighted by molar-refractivity contribution is 5.49. The van der Waals surface area contributed by atoms with Gasteiger partial charge in [-0.15, -0.1) is 0 Å². The van der Waals surface area contributed by atoms with Crippen LogP contribution in [0.25, 0.3) is 0 Å². The number of nitriles is 1. The highest BCUT2D eigenvalue weighted by Gasteiger charge is 2.30. The number of phenolic OH excluding ortho intramolecular Hbond substituents is 1. The molecule has 4 rings (SSSR count). The van der Waals surface area contributed by atoms with E-state index in [1.807, 2.05) is 60.9 Å². The molecule has 0 bridgehead atoms. The SMILES string of the molecule is N#Cc1cc(C(c2ccccn2)C(c2cccnc2)c2cccnc2)ccc1O. The average Bonchev–Trinajstić information content (AvgIpc) is 2.80. The molecule has 1 N–H and O–H groups in total. The fourth-order valence-corrected chi connectivity index (χ4v) is 3.63. The third-order valence-corrected chi connectivity index (χ3v) is 4.93. The van der Waals surface area contributed by atoms with E-state index in [1.165, 1.54) is 0 Å². The van der Waals surface area contributed by atoms with E-state index in [0.717, 1.165) is 22.4 Å². The smallest absolute Gasteiger partial charge is 0.133 e. The van der Waals surface area contributed by atoms with Crippen LogP contribution >= 0.6 is 0 Å². The molecule has 0 aliphatic heterocycles. The molecule has 29 heavy (non-hydrogen) atoms. The van der Waals surface area contributed by atoms with Crippen molar-refractivity contribution in [3.8, 4) is 11.8 Å². The third-order valence-electron chi connectivity index (χ3n) is 4.93. The largest absolute Gasteiger partial charge is 0.507 e. The Morgan fingerprint density at radius 2 is 1.48 bits per heavy atom. The predicted octanol–water partition coefficient (Wildman–Crippen LogP) is 4.41. The van der Waals surface area contributed by atoms with Crippen LogP contribution in [0.5, 0.6) is 5.75 Å². The summed E-state index contributed by atoms with van der Waals surface area (Å²) in [7, 11) is 0. The van der Waals surface area contributed by atoms with E-state index in [9.17, 15) is 10.4 Å². The van der Waals surface area contributed by atoms with E-state index in [4.69, 9.17) is 0 Å². The second-order valence-corrected chi connectivity index (χ2v) is 6.67. The van der Waals surface area contributed by atoms with Gasteiger partial charge >= 0.3 is 0 Å². The molecule has 0 aliphatic carbocycles. The Morgan fingerprint density at radius 3 is 2.03 bits per heavy atom. The number of pyridine rings is 3. The topological polar surface area (TPSA) is 82.7 Å². The Hall–Kier alpha value is -4.04. The Bertz CT molecular complexity index is 1090. The summed E-state index contributed by atoms with van der Waals surface area (Å²) in [4.78, 5) is 13.3. The van der Waals surface area contributed by atoms with Crippen LogP contribution in [0.3, 0.4) is 0 Å². The van der Waals surface area contributed by atoms with Crippen molar-refractivity contribution in [1.29, 1.82) is 5.26 Å². The summed E-state index contributed by atoms with van der Waals surface area (Å²) in [5.74, 6) is -0.351. The quantitative estimate of drug-likeness (QED) is 0.556. The number of rotatable bonds is 5. The lowest BCUT2D eigenvalue weighted by Crippen LogP contribution is -2.16. The molecule has 5 heteroatoms. The number of aromatic nitrogens is 3. The van der Waals surface area contributed by atoms with Crippen molar-refractivity contribution in [2.24, 2.45) is 0 Å². The first-order chi connectivity index (χ1) is 14.3. The standard InChI is InChI=1S/C24H18N4O/c25-14-20-13-17(8-9-22(20)29)24(21-7-1-2-12-28-21)23(18-5-3-10-26-15-18)19-6-4-11-27-16-19/h1-13,15-16,23-24,29H. The van der Waals surface area contributed by atoms with Gasteiger partial charge in [-0.1, -0.05) is 24.3 Å². The fraction of sp³-hybridized carbons (Fsp3) is 0.0833. The predicted molar refractivity (Wildman–Crippen MR) is 109 cm³/mol. The first-order valence-corrected chi connectivity index (χ1v) is 9.21. The van der Waals surface area contributed by atoms with E-state index >= 15 is 0 Å². The second kappa shape index (κ2) is 8.32. The van der Waals surface area contributed by atoms with Gasteiger partial charge in [0.1, 0.15) is 11.8 Å². The highest BCUT2D eigenvalue weighted by Crippen LogP contribution is 2.42. The molecule has 1 unspecified atom stereocenters.